The second-order valence-corrected chi connectivity index (χ2v) is 5.26. The second-order valence-electron chi connectivity index (χ2n) is 5.26. The molecule has 0 heterocycles. The Balaban J connectivity index is 2.70. The molecule has 0 aromatic rings. The van der Waals surface area contributed by atoms with Crippen molar-refractivity contribution in [2.45, 2.75) is 45.2 Å². The topological polar surface area (TPSA) is 57.6 Å². The number of amides is 1. The highest BCUT2D eigenvalue weighted by atomic mass is 19.4. The zero-order valence-electron chi connectivity index (χ0n) is 11.4. The van der Waals surface area contributed by atoms with Crippen LogP contribution in [0.1, 0.15) is 39.0 Å². The number of carboxylic acid groups (broad SMARTS) is 1. The molecule has 4 nitrogen and oxygen atoms in total. The average molecular weight is 295 g/mol. The summed E-state index contributed by atoms with van der Waals surface area (Å²) in [5.41, 5.74) is 0. The van der Waals surface area contributed by atoms with Gasteiger partial charge < -0.3 is 10.0 Å². The molecule has 1 aliphatic rings. The van der Waals surface area contributed by atoms with Crippen molar-refractivity contribution in [1.29, 1.82) is 0 Å². The third-order valence-electron chi connectivity index (χ3n) is 3.62. The standard InChI is InChI=1S/C13H20F3NO3/c1-2-6-17(8-11(18)19)12(20)9-4-3-5-10(7-9)13(14,15)16/h9-10H,2-8H2,1H3,(H,18,19). The van der Waals surface area contributed by atoms with Crippen molar-refractivity contribution in [3.8, 4) is 0 Å². The largest absolute Gasteiger partial charge is 0.480 e. The Hall–Kier alpha value is -1.27. The molecular formula is C13H20F3NO3. The van der Waals surface area contributed by atoms with Gasteiger partial charge in [-0.05, 0) is 25.7 Å². The van der Waals surface area contributed by atoms with Gasteiger partial charge in [0.1, 0.15) is 6.54 Å². The molecule has 0 radical (unpaired) electrons. The minimum absolute atomic E-state index is 0.0555. The summed E-state index contributed by atoms with van der Waals surface area (Å²) in [6.45, 7) is 1.61. The summed E-state index contributed by atoms with van der Waals surface area (Å²) < 4.78 is 38.2. The molecular weight excluding hydrogens is 275 g/mol. The highest BCUT2D eigenvalue weighted by molar-refractivity contribution is 5.83. The molecule has 2 unspecified atom stereocenters. The first kappa shape index (κ1) is 16.8. The highest BCUT2D eigenvalue weighted by Gasteiger charge is 2.44. The Kier molecular flexibility index (Phi) is 5.83. The fourth-order valence-corrected chi connectivity index (χ4v) is 2.67. The molecule has 20 heavy (non-hydrogen) atoms. The first-order valence-electron chi connectivity index (χ1n) is 6.83. The van der Waals surface area contributed by atoms with E-state index >= 15 is 0 Å². The van der Waals surface area contributed by atoms with Crippen molar-refractivity contribution in [2.24, 2.45) is 11.8 Å². The van der Waals surface area contributed by atoms with E-state index in [1.807, 2.05) is 0 Å². The molecule has 0 aromatic heterocycles. The molecule has 0 spiro atoms. The average Bonchev–Trinajstić information content (AvgIpc) is 2.36. The van der Waals surface area contributed by atoms with E-state index in [-0.39, 0.29) is 19.4 Å². The Morgan fingerprint density at radius 2 is 1.95 bits per heavy atom. The van der Waals surface area contributed by atoms with E-state index in [0.29, 0.717) is 19.3 Å². The minimum atomic E-state index is -4.28. The number of carbonyl (C=O) groups is 2. The van der Waals surface area contributed by atoms with Crippen LogP contribution in [0, 0.1) is 11.8 Å². The van der Waals surface area contributed by atoms with E-state index in [2.05, 4.69) is 0 Å². The molecule has 0 aromatic carbocycles. The molecule has 1 amide bonds. The third kappa shape index (κ3) is 4.68. The van der Waals surface area contributed by atoms with Gasteiger partial charge >= 0.3 is 12.1 Å². The lowest BCUT2D eigenvalue weighted by Crippen LogP contribution is -2.42. The van der Waals surface area contributed by atoms with Crippen molar-refractivity contribution in [2.75, 3.05) is 13.1 Å². The smallest absolute Gasteiger partial charge is 0.391 e. The molecule has 0 saturated heterocycles. The first-order valence-corrected chi connectivity index (χ1v) is 6.83. The number of nitrogens with zero attached hydrogens (tertiary/aromatic N) is 1. The van der Waals surface area contributed by atoms with Crippen LogP contribution in [0.25, 0.3) is 0 Å². The number of rotatable bonds is 5. The van der Waals surface area contributed by atoms with Gasteiger partial charge in [-0.2, -0.15) is 13.2 Å². The fraction of sp³-hybridized carbons (Fsp3) is 0.846. The predicted molar refractivity (Wildman–Crippen MR) is 66.0 cm³/mol. The van der Waals surface area contributed by atoms with Crippen LogP contribution in [-0.2, 0) is 9.59 Å². The molecule has 1 N–H and O–H groups in total. The van der Waals surface area contributed by atoms with Gasteiger partial charge in [0.15, 0.2) is 0 Å². The van der Waals surface area contributed by atoms with Crippen LogP contribution in [0.3, 0.4) is 0 Å². The number of aliphatic carboxylic acids is 1. The fourth-order valence-electron chi connectivity index (χ4n) is 2.67. The Labute approximate surface area is 115 Å². The lowest BCUT2D eigenvalue weighted by Gasteiger charge is -2.32. The van der Waals surface area contributed by atoms with Gasteiger partial charge in [-0.1, -0.05) is 13.3 Å². The zero-order valence-corrected chi connectivity index (χ0v) is 11.4. The van der Waals surface area contributed by atoms with Gasteiger partial charge in [-0.25, -0.2) is 0 Å². The number of carbonyl (C=O) groups excluding carboxylic acids is 1. The van der Waals surface area contributed by atoms with Crippen LogP contribution < -0.4 is 0 Å². The van der Waals surface area contributed by atoms with E-state index < -0.39 is 36.4 Å². The maximum Gasteiger partial charge on any atom is 0.391 e. The normalized spacial score (nSPS) is 23.4. The van der Waals surface area contributed by atoms with Crippen molar-refractivity contribution in [3.05, 3.63) is 0 Å². The molecule has 116 valence electrons. The van der Waals surface area contributed by atoms with Crippen molar-refractivity contribution < 1.29 is 27.9 Å². The summed E-state index contributed by atoms with van der Waals surface area (Å²) in [5, 5.41) is 8.77. The highest BCUT2D eigenvalue weighted by Crippen LogP contribution is 2.40. The molecule has 1 saturated carbocycles. The van der Waals surface area contributed by atoms with Crippen LogP contribution in [0.2, 0.25) is 0 Å². The summed E-state index contributed by atoms with van der Waals surface area (Å²) in [4.78, 5) is 24.1. The molecule has 7 heteroatoms. The van der Waals surface area contributed by atoms with Crippen LogP contribution in [0.5, 0.6) is 0 Å². The van der Waals surface area contributed by atoms with Crippen molar-refractivity contribution >= 4 is 11.9 Å². The summed E-state index contributed by atoms with van der Waals surface area (Å²) in [6.07, 6.45) is -3.10. The maximum atomic E-state index is 12.7. The molecule has 0 bridgehead atoms. The van der Waals surface area contributed by atoms with E-state index in [9.17, 15) is 22.8 Å². The Morgan fingerprint density at radius 3 is 2.45 bits per heavy atom. The molecule has 1 rings (SSSR count). The lowest BCUT2D eigenvalue weighted by molar-refractivity contribution is -0.187. The maximum absolute atomic E-state index is 12.7. The minimum Gasteiger partial charge on any atom is -0.480 e. The lowest BCUT2D eigenvalue weighted by atomic mass is 9.80. The van der Waals surface area contributed by atoms with Crippen molar-refractivity contribution in [3.63, 3.8) is 0 Å². The summed E-state index contributed by atoms with van der Waals surface area (Å²) in [5.74, 6) is -3.75. The second kappa shape index (κ2) is 6.95. The zero-order chi connectivity index (χ0) is 15.3. The van der Waals surface area contributed by atoms with Gasteiger partial charge in [-0.15, -0.1) is 0 Å². The van der Waals surface area contributed by atoms with Gasteiger partial charge in [0.2, 0.25) is 5.91 Å². The monoisotopic (exact) mass is 295 g/mol. The molecule has 0 aliphatic heterocycles. The summed E-state index contributed by atoms with van der Waals surface area (Å²) in [6, 6.07) is 0. The van der Waals surface area contributed by atoms with Gasteiger partial charge in [-0.3, -0.25) is 9.59 Å². The van der Waals surface area contributed by atoms with Gasteiger partial charge in [0.05, 0.1) is 5.92 Å². The first-order chi connectivity index (χ1) is 9.25. The number of carboxylic acids is 1. The molecule has 2 atom stereocenters. The SMILES string of the molecule is CCCN(CC(=O)O)C(=O)C1CCCC(C(F)(F)F)C1. The van der Waals surface area contributed by atoms with Gasteiger partial charge in [0, 0.05) is 12.5 Å². The predicted octanol–water partition coefficient (Wildman–Crippen LogP) is 2.68. The van der Waals surface area contributed by atoms with E-state index in [1.54, 1.807) is 6.92 Å². The Bertz CT molecular complexity index is 357. The van der Waals surface area contributed by atoms with Crippen LogP contribution in [0.4, 0.5) is 13.2 Å². The van der Waals surface area contributed by atoms with E-state index in [1.165, 1.54) is 0 Å². The summed E-state index contributed by atoms with van der Waals surface area (Å²) in [7, 11) is 0. The van der Waals surface area contributed by atoms with E-state index in [0.717, 1.165) is 4.90 Å². The molecule has 1 fully saturated rings. The third-order valence-corrected chi connectivity index (χ3v) is 3.62. The Morgan fingerprint density at radius 1 is 1.30 bits per heavy atom. The van der Waals surface area contributed by atoms with Gasteiger partial charge in [0.25, 0.3) is 0 Å². The molecule has 1 aliphatic carbocycles. The number of hydrogen-bond donors (Lipinski definition) is 1. The number of halogens is 3. The quantitative estimate of drug-likeness (QED) is 0.848. The number of hydrogen-bond acceptors (Lipinski definition) is 2. The number of alkyl halides is 3. The summed E-state index contributed by atoms with van der Waals surface area (Å²) >= 11 is 0. The van der Waals surface area contributed by atoms with E-state index in [4.69, 9.17) is 5.11 Å². The van der Waals surface area contributed by atoms with Crippen LogP contribution in [0.15, 0.2) is 0 Å². The van der Waals surface area contributed by atoms with Crippen LogP contribution >= 0.6 is 0 Å². The van der Waals surface area contributed by atoms with Crippen molar-refractivity contribution in [1.82, 2.24) is 4.90 Å². The van der Waals surface area contributed by atoms with Crippen LogP contribution in [-0.4, -0.2) is 41.1 Å².